The first-order valence-electron chi connectivity index (χ1n) is 3.85. The summed E-state index contributed by atoms with van der Waals surface area (Å²) in [5, 5.41) is 9.24. The Kier molecular flexibility index (Phi) is 2.23. The molecule has 1 aromatic rings. The Balaban J connectivity index is 3.63. The summed E-state index contributed by atoms with van der Waals surface area (Å²) in [5.41, 5.74) is 0.193. The van der Waals surface area contributed by atoms with Gasteiger partial charge in [-0.2, -0.15) is 0 Å². The monoisotopic (exact) mass is 181 g/mol. The molecule has 0 radical (unpaired) electrons. The molecule has 0 saturated heterocycles. The second-order valence-corrected chi connectivity index (χ2v) is 2.98. The Morgan fingerprint density at radius 3 is 2.54 bits per heavy atom. The lowest BCUT2D eigenvalue weighted by Crippen LogP contribution is -2.24. The highest BCUT2D eigenvalue weighted by Crippen LogP contribution is 2.10. The van der Waals surface area contributed by atoms with E-state index in [1.165, 1.54) is 20.0 Å². The number of pyridine rings is 1. The van der Waals surface area contributed by atoms with Crippen LogP contribution in [0.15, 0.2) is 10.9 Å². The molecule has 0 fully saturated rings. The van der Waals surface area contributed by atoms with Gasteiger partial charge < -0.3 is 5.11 Å². The van der Waals surface area contributed by atoms with Crippen LogP contribution in [-0.4, -0.2) is 15.5 Å². The number of aryl methyl sites for hydroxylation is 1. The van der Waals surface area contributed by atoms with Gasteiger partial charge in [-0.1, -0.05) is 0 Å². The number of Topliss-reactive ketones (excluding diaryl/α,β-unsaturated/α-hetero) is 1. The SMILES string of the molecule is CC(=O)c1c(C)cc(O)n(C)c1=O. The molecule has 0 aliphatic carbocycles. The molecular weight excluding hydrogens is 170 g/mol. The number of carbonyl (C=O) groups is 1. The number of ketones is 1. The number of hydrogen-bond acceptors (Lipinski definition) is 3. The number of aromatic hydroxyl groups is 1. The predicted molar refractivity (Wildman–Crippen MR) is 48.1 cm³/mol. The summed E-state index contributed by atoms with van der Waals surface area (Å²) in [6.07, 6.45) is 0. The zero-order valence-corrected chi connectivity index (χ0v) is 7.79. The van der Waals surface area contributed by atoms with E-state index >= 15 is 0 Å². The highest BCUT2D eigenvalue weighted by atomic mass is 16.3. The van der Waals surface area contributed by atoms with Crippen LogP contribution in [0.4, 0.5) is 0 Å². The molecular formula is C9H11NO3. The molecule has 0 unspecified atom stereocenters. The van der Waals surface area contributed by atoms with E-state index in [0.29, 0.717) is 5.56 Å². The Hall–Kier alpha value is -1.58. The molecule has 0 atom stereocenters. The van der Waals surface area contributed by atoms with Gasteiger partial charge in [-0.05, 0) is 19.4 Å². The third kappa shape index (κ3) is 1.47. The van der Waals surface area contributed by atoms with E-state index < -0.39 is 5.56 Å². The van der Waals surface area contributed by atoms with Crippen molar-refractivity contribution in [2.45, 2.75) is 13.8 Å². The fourth-order valence-corrected chi connectivity index (χ4v) is 1.23. The van der Waals surface area contributed by atoms with Crippen molar-refractivity contribution >= 4 is 5.78 Å². The third-order valence-corrected chi connectivity index (χ3v) is 1.95. The molecule has 4 heteroatoms. The van der Waals surface area contributed by atoms with E-state index in [-0.39, 0.29) is 17.2 Å². The Morgan fingerprint density at radius 2 is 2.08 bits per heavy atom. The standard InChI is InChI=1S/C9H11NO3/c1-5-4-7(12)10(3)9(13)8(5)6(2)11/h4,12H,1-3H3. The summed E-state index contributed by atoms with van der Waals surface area (Å²) >= 11 is 0. The average Bonchev–Trinajstić information content (AvgIpc) is 1.99. The van der Waals surface area contributed by atoms with Gasteiger partial charge in [0.25, 0.3) is 5.56 Å². The van der Waals surface area contributed by atoms with E-state index in [1.54, 1.807) is 6.92 Å². The van der Waals surface area contributed by atoms with Crippen LogP contribution in [0, 0.1) is 6.92 Å². The molecule has 13 heavy (non-hydrogen) atoms. The fraction of sp³-hybridized carbons (Fsp3) is 0.333. The van der Waals surface area contributed by atoms with Crippen molar-refractivity contribution < 1.29 is 9.90 Å². The van der Waals surface area contributed by atoms with Gasteiger partial charge in [-0.15, -0.1) is 0 Å². The van der Waals surface area contributed by atoms with E-state index in [9.17, 15) is 14.7 Å². The highest BCUT2D eigenvalue weighted by molar-refractivity contribution is 5.95. The van der Waals surface area contributed by atoms with E-state index in [4.69, 9.17) is 0 Å². The summed E-state index contributed by atoms with van der Waals surface area (Å²) in [6.45, 7) is 2.96. The maximum Gasteiger partial charge on any atom is 0.264 e. The van der Waals surface area contributed by atoms with Gasteiger partial charge in [0, 0.05) is 13.1 Å². The minimum absolute atomic E-state index is 0.132. The minimum atomic E-state index is -0.454. The van der Waals surface area contributed by atoms with Crippen LogP contribution in [0.25, 0.3) is 0 Å². The van der Waals surface area contributed by atoms with Gasteiger partial charge in [0.15, 0.2) is 11.7 Å². The summed E-state index contributed by atoms with van der Waals surface area (Å²) < 4.78 is 1.05. The van der Waals surface area contributed by atoms with Gasteiger partial charge in [0.05, 0.1) is 5.56 Å². The molecule has 0 aromatic carbocycles. The van der Waals surface area contributed by atoms with Crippen molar-refractivity contribution in [2.24, 2.45) is 7.05 Å². The summed E-state index contributed by atoms with van der Waals surface area (Å²) in [6, 6.07) is 1.40. The molecule has 1 N–H and O–H groups in total. The minimum Gasteiger partial charge on any atom is -0.494 e. The predicted octanol–water partition coefficient (Wildman–Crippen LogP) is 0.602. The topological polar surface area (TPSA) is 59.3 Å². The molecule has 4 nitrogen and oxygen atoms in total. The summed E-state index contributed by atoms with van der Waals surface area (Å²) in [7, 11) is 1.42. The Labute approximate surface area is 75.4 Å². The quantitative estimate of drug-likeness (QED) is 0.645. The van der Waals surface area contributed by atoms with Crippen molar-refractivity contribution in [2.75, 3.05) is 0 Å². The fourth-order valence-electron chi connectivity index (χ4n) is 1.23. The first kappa shape index (κ1) is 9.51. The first-order chi connectivity index (χ1) is 5.95. The molecule has 0 spiro atoms. The van der Waals surface area contributed by atoms with E-state index in [1.807, 2.05) is 0 Å². The van der Waals surface area contributed by atoms with Crippen molar-refractivity contribution in [3.05, 3.63) is 27.5 Å². The van der Waals surface area contributed by atoms with Crippen molar-refractivity contribution in [1.29, 1.82) is 0 Å². The van der Waals surface area contributed by atoms with Crippen molar-refractivity contribution in [3.63, 3.8) is 0 Å². The molecule has 0 amide bonds. The van der Waals surface area contributed by atoms with Crippen LogP contribution < -0.4 is 5.56 Å². The van der Waals surface area contributed by atoms with Gasteiger partial charge in [0.2, 0.25) is 0 Å². The Bertz CT molecular complexity index is 418. The molecule has 0 aliphatic rings. The molecule has 0 aliphatic heterocycles. The lowest BCUT2D eigenvalue weighted by atomic mass is 10.1. The molecule has 1 heterocycles. The van der Waals surface area contributed by atoms with Crippen LogP contribution in [-0.2, 0) is 7.05 Å². The van der Waals surface area contributed by atoms with Gasteiger partial charge in [-0.25, -0.2) is 0 Å². The average molecular weight is 181 g/mol. The second kappa shape index (κ2) is 3.05. The first-order valence-corrected chi connectivity index (χ1v) is 3.85. The van der Waals surface area contributed by atoms with Crippen molar-refractivity contribution in [1.82, 2.24) is 4.57 Å². The molecule has 1 rings (SSSR count). The maximum absolute atomic E-state index is 11.4. The van der Waals surface area contributed by atoms with Gasteiger partial charge in [-0.3, -0.25) is 14.2 Å². The van der Waals surface area contributed by atoms with Crippen LogP contribution in [0.2, 0.25) is 0 Å². The molecule has 0 bridgehead atoms. The van der Waals surface area contributed by atoms with Gasteiger partial charge in [0.1, 0.15) is 0 Å². The van der Waals surface area contributed by atoms with Crippen molar-refractivity contribution in [3.8, 4) is 5.88 Å². The molecule has 0 saturated carbocycles. The summed E-state index contributed by atoms with van der Waals surface area (Å²) in [4.78, 5) is 22.5. The number of rotatable bonds is 1. The molecule has 1 aromatic heterocycles. The zero-order valence-electron chi connectivity index (χ0n) is 7.79. The number of hydrogen-bond donors (Lipinski definition) is 1. The van der Waals surface area contributed by atoms with E-state index in [0.717, 1.165) is 4.57 Å². The highest BCUT2D eigenvalue weighted by Gasteiger charge is 2.12. The normalized spacial score (nSPS) is 10.1. The second-order valence-electron chi connectivity index (χ2n) is 2.98. The smallest absolute Gasteiger partial charge is 0.264 e. The number of nitrogens with zero attached hydrogens (tertiary/aromatic N) is 1. The molecule has 70 valence electrons. The number of aromatic nitrogens is 1. The van der Waals surface area contributed by atoms with Gasteiger partial charge >= 0.3 is 0 Å². The maximum atomic E-state index is 11.4. The number of carbonyl (C=O) groups excluding carboxylic acids is 1. The van der Waals surface area contributed by atoms with Crippen LogP contribution in [0.3, 0.4) is 0 Å². The third-order valence-electron chi connectivity index (χ3n) is 1.95. The van der Waals surface area contributed by atoms with Crippen LogP contribution in [0.1, 0.15) is 22.8 Å². The Morgan fingerprint density at radius 1 is 1.54 bits per heavy atom. The summed E-state index contributed by atoms with van der Waals surface area (Å²) in [5.74, 6) is -0.411. The van der Waals surface area contributed by atoms with E-state index in [2.05, 4.69) is 0 Å². The zero-order chi connectivity index (χ0) is 10.2. The largest absolute Gasteiger partial charge is 0.494 e. The lowest BCUT2D eigenvalue weighted by Gasteiger charge is -2.06. The van der Waals surface area contributed by atoms with Crippen LogP contribution in [0.5, 0.6) is 5.88 Å². The lowest BCUT2D eigenvalue weighted by molar-refractivity contribution is 0.101. The van der Waals surface area contributed by atoms with Crippen LogP contribution >= 0.6 is 0 Å².